The van der Waals surface area contributed by atoms with Crippen LogP contribution in [0.5, 0.6) is 0 Å². The molecule has 0 aliphatic heterocycles. The molecule has 19 heavy (non-hydrogen) atoms. The largest absolute Gasteiger partial charge is 0.294 e. The van der Waals surface area contributed by atoms with Crippen molar-refractivity contribution in [2.75, 3.05) is 0 Å². The second-order valence-electron chi connectivity index (χ2n) is 4.44. The van der Waals surface area contributed by atoms with Gasteiger partial charge < -0.3 is 0 Å². The summed E-state index contributed by atoms with van der Waals surface area (Å²) in [6.07, 6.45) is 2.14. The van der Waals surface area contributed by atoms with E-state index in [-0.39, 0.29) is 5.78 Å². The van der Waals surface area contributed by atoms with Crippen molar-refractivity contribution >= 4 is 17.5 Å². The van der Waals surface area contributed by atoms with Gasteiger partial charge >= 0.3 is 0 Å². The topological polar surface area (TPSA) is 60.7 Å². The molecule has 1 aliphatic carbocycles. The van der Waals surface area contributed by atoms with E-state index in [9.17, 15) is 9.18 Å². The van der Waals surface area contributed by atoms with Crippen LogP contribution in [0.4, 0.5) is 4.39 Å². The van der Waals surface area contributed by atoms with Crippen molar-refractivity contribution in [1.29, 1.82) is 0 Å². The van der Waals surface area contributed by atoms with Gasteiger partial charge in [-0.2, -0.15) is 0 Å². The van der Waals surface area contributed by atoms with Crippen LogP contribution in [0.2, 0.25) is 0 Å². The highest BCUT2D eigenvalue weighted by Gasteiger charge is 2.28. The molecule has 0 atom stereocenters. The van der Waals surface area contributed by atoms with Gasteiger partial charge in [0, 0.05) is 10.5 Å². The maximum atomic E-state index is 13.2. The molecule has 3 rings (SSSR count). The standard InChI is InChI=1S/C12H11FN4OS/c1-7(18)10-6-8(13)2-5-11(10)19-12-14-15-16-17(12)9-3-4-9/h2,5-6,9H,3-4H2,1H3. The number of carbonyl (C=O) groups is 1. The van der Waals surface area contributed by atoms with E-state index in [2.05, 4.69) is 15.5 Å². The highest BCUT2D eigenvalue weighted by molar-refractivity contribution is 7.99. The summed E-state index contributed by atoms with van der Waals surface area (Å²) < 4.78 is 15.0. The molecule has 0 spiro atoms. The van der Waals surface area contributed by atoms with Crippen LogP contribution < -0.4 is 0 Å². The molecule has 1 aliphatic rings. The first-order valence-electron chi connectivity index (χ1n) is 5.91. The molecule has 2 aromatic rings. The molecule has 1 aromatic carbocycles. The van der Waals surface area contributed by atoms with Crippen LogP contribution in [-0.4, -0.2) is 26.0 Å². The normalized spacial score (nSPS) is 14.6. The van der Waals surface area contributed by atoms with Gasteiger partial charge in [0.05, 0.1) is 6.04 Å². The SMILES string of the molecule is CC(=O)c1cc(F)ccc1Sc1nnnn1C1CC1. The lowest BCUT2D eigenvalue weighted by molar-refractivity contribution is 0.101. The fraction of sp³-hybridized carbons (Fsp3) is 0.333. The Balaban J connectivity index is 1.94. The maximum Gasteiger partial charge on any atom is 0.214 e. The van der Waals surface area contributed by atoms with Gasteiger partial charge in [-0.3, -0.25) is 4.79 Å². The summed E-state index contributed by atoms with van der Waals surface area (Å²) in [7, 11) is 0. The van der Waals surface area contributed by atoms with Crippen molar-refractivity contribution in [1.82, 2.24) is 20.2 Å². The minimum Gasteiger partial charge on any atom is -0.294 e. The van der Waals surface area contributed by atoms with E-state index in [0.717, 1.165) is 12.8 Å². The number of tetrazole rings is 1. The summed E-state index contributed by atoms with van der Waals surface area (Å²) in [5.74, 6) is -0.594. The van der Waals surface area contributed by atoms with Crippen LogP contribution in [0.15, 0.2) is 28.3 Å². The number of rotatable bonds is 4. The van der Waals surface area contributed by atoms with E-state index in [1.807, 2.05) is 0 Å². The zero-order valence-corrected chi connectivity index (χ0v) is 11.0. The van der Waals surface area contributed by atoms with Crippen LogP contribution >= 0.6 is 11.8 Å². The third-order valence-corrected chi connectivity index (χ3v) is 3.90. The Kier molecular flexibility index (Phi) is 3.06. The predicted molar refractivity (Wildman–Crippen MR) is 66.6 cm³/mol. The predicted octanol–water partition coefficient (Wildman–Crippen LogP) is 2.50. The first-order valence-corrected chi connectivity index (χ1v) is 6.73. The molecule has 0 amide bonds. The monoisotopic (exact) mass is 278 g/mol. The summed E-state index contributed by atoms with van der Waals surface area (Å²) in [5.41, 5.74) is 0.357. The van der Waals surface area contributed by atoms with Gasteiger partial charge in [-0.25, -0.2) is 9.07 Å². The molecule has 0 saturated heterocycles. The summed E-state index contributed by atoms with van der Waals surface area (Å²) in [6, 6.07) is 4.53. The fourth-order valence-electron chi connectivity index (χ4n) is 1.77. The Bertz CT molecular complexity index is 638. The number of carbonyl (C=O) groups excluding carboxylic acids is 1. The third kappa shape index (κ3) is 2.51. The smallest absolute Gasteiger partial charge is 0.214 e. The Hall–Kier alpha value is -1.76. The maximum absolute atomic E-state index is 13.2. The van der Waals surface area contributed by atoms with Gasteiger partial charge in [0.1, 0.15) is 5.82 Å². The summed E-state index contributed by atoms with van der Waals surface area (Å²) in [5, 5.41) is 12.2. The number of aromatic nitrogens is 4. The zero-order valence-electron chi connectivity index (χ0n) is 10.2. The average Bonchev–Trinajstić information content (AvgIpc) is 3.12. The number of hydrogen-bond acceptors (Lipinski definition) is 5. The molecule has 7 heteroatoms. The lowest BCUT2D eigenvalue weighted by Gasteiger charge is -2.06. The molecule has 1 aromatic heterocycles. The highest BCUT2D eigenvalue weighted by atomic mass is 32.2. The van der Waals surface area contributed by atoms with Crippen LogP contribution in [-0.2, 0) is 0 Å². The van der Waals surface area contributed by atoms with E-state index < -0.39 is 5.82 Å². The number of benzene rings is 1. The highest BCUT2D eigenvalue weighted by Crippen LogP contribution is 2.38. The van der Waals surface area contributed by atoms with Gasteiger partial charge in [0.2, 0.25) is 5.16 Å². The van der Waals surface area contributed by atoms with Crippen molar-refractivity contribution in [2.45, 2.75) is 35.9 Å². The lowest BCUT2D eigenvalue weighted by atomic mass is 10.1. The van der Waals surface area contributed by atoms with E-state index in [4.69, 9.17) is 0 Å². The van der Waals surface area contributed by atoms with Gasteiger partial charge in [0.15, 0.2) is 5.78 Å². The second kappa shape index (κ2) is 4.73. The molecule has 0 N–H and O–H groups in total. The molecule has 1 fully saturated rings. The third-order valence-electron chi connectivity index (χ3n) is 2.88. The van der Waals surface area contributed by atoms with E-state index >= 15 is 0 Å². The van der Waals surface area contributed by atoms with Crippen LogP contribution in [0, 0.1) is 5.82 Å². The fourth-order valence-corrected chi connectivity index (χ4v) is 2.77. The molecule has 0 unspecified atom stereocenters. The molecule has 1 saturated carbocycles. The van der Waals surface area contributed by atoms with Gasteiger partial charge in [0.25, 0.3) is 0 Å². The molecule has 0 bridgehead atoms. The van der Waals surface area contributed by atoms with Gasteiger partial charge in [-0.1, -0.05) is 0 Å². The van der Waals surface area contributed by atoms with Gasteiger partial charge in [-0.05, 0) is 60.2 Å². The van der Waals surface area contributed by atoms with Crippen molar-refractivity contribution in [3.05, 3.63) is 29.6 Å². The summed E-state index contributed by atoms with van der Waals surface area (Å²) in [4.78, 5) is 12.2. The molecule has 98 valence electrons. The van der Waals surface area contributed by atoms with Crippen molar-refractivity contribution < 1.29 is 9.18 Å². The van der Waals surface area contributed by atoms with Gasteiger partial charge in [-0.15, -0.1) is 5.10 Å². The Morgan fingerprint density at radius 1 is 1.47 bits per heavy atom. The number of nitrogens with zero attached hydrogens (tertiary/aromatic N) is 4. The molecule has 1 heterocycles. The van der Waals surface area contributed by atoms with E-state index in [1.54, 1.807) is 10.7 Å². The average molecular weight is 278 g/mol. The molecule has 5 nitrogen and oxygen atoms in total. The van der Waals surface area contributed by atoms with E-state index in [0.29, 0.717) is 21.7 Å². The first kappa shape index (κ1) is 12.3. The van der Waals surface area contributed by atoms with Crippen molar-refractivity contribution in [3.8, 4) is 0 Å². The van der Waals surface area contributed by atoms with Crippen molar-refractivity contribution in [2.24, 2.45) is 0 Å². The number of ketones is 1. The second-order valence-corrected chi connectivity index (χ2v) is 5.45. The minimum absolute atomic E-state index is 0.174. The first-order chi connectivity index (χ1) is 9.15. The summed E-state index contributed by atoms with van der Waals surface area (Å²) in [6.45, 7) is 1.42. The van der Waals surface area contributed by atoms with Crippen LogP contribution in [0.1, 0.15) is 36.2 Å². The van der Waals surface area contributed by atoms with Crippen LogP contribution in [0.25, 0.3) is 0 Å². The summed E-state index contributed by atoms with van der Waals surface area (Å²) >= 11 is 1.29. The Labute approximate surface area is 113 Å². The Morgan fingerprint density at radius 2 is 2.26 bits per heavy atom. The van der Waals surface area contributed by atoms with E-state index in [1.165, 1.54) is 30.8 Å². The number of hydrogen-bond donors (Lipinski definition) is 0. The van der Waals surface area contributed by atoms with Crippen LogP contribution in [0.3, 0.4) is 0 Å². The molecule has 0 radical (unpaired) electrons. The molecular weight excluding hydrogens is 267 g/mol. The zero-order chi connectivity index (χ0) is 13.4. The van der Waals surface area contributed by atoms with Crippen molar-refractivity contribution in [3.63, 3.8) is 0 Å². The number of halogens is 1. The Morgan fingerprint density at radius 3 is 2.95 bits per heavy atom. The quantitative estimate of drug-likeness (QED) is 0.804. The number of Topliss-reactive ketones (excluding diaryl/α,β-unsaturated/α-hetero) is 1. The molecular formula is C12H11FN4OS. The minimum atomic E-state index is -0.420. The lowest BCUT2D eigenvalue weighted by Crippen LogP contribution is -2.00.